The summed E-state index contributed by atoms with van der Waals surface area (Å²) in [6.07, 6.45) is 2.11. The highest BCUT2D eigenvalue weighted by Crippen LogP contribution is 2.41. The predicted octanol–water partition coefficient (Wildman–Crippen LogP) is 4.24. The fourth-order valence-electron chi connectivity index (χ4n) is 3.16. The molecule has 6 heteroatoms. The van der Waals surface area contributed by atoms with E-state index in [0.717, 1.165) is 29.7 Å². The van der Waals surface area contributed by atoms with Crippen molar-refractivity contribution in [1.82, 2.24) is 5.32 Å². The zero-order valence-electron chi connectivity index (χ0n) is 15.5. The lowest BCUT2D eigenvalue weighted by Crippen LogP contribution is -2.36. The van der Waals surface area contributed by atoms with Crippen LogP contribution < -0.4 is 15.0 Å². The van der Waals surface area contributed by atoms with Crippen molar-refractivity contribution in [2.45, 2.75) is 39.3 Å². The van der Waals surface area contributed by atoms with Gasteiger partial charge in [-0.15, -0.1) is 0 Å². The molecular formula is C21H23ClN2O3. The molecule has 1 N–H and O–H groups in total. The second kappa shape index (κ2) is 8.44. The number of fused-ring (bicyclic) bond motifs is 1. The number of unbranched alkanes of at least 4 members (excludes halogenated alkanes) is 1. The third-order valence-electron chi connectivity index (χ3n) is 4.49. The molecule has 0 aromatic heterocycles. The summed E-state index contributed by atoms with van der Waals surface area (Å²) in [6, 6.07) is 12.4. The Bertz CT molecular complexity index is 836. The monoisotopic (exact) mass is 386 g/mol. The van der Waals surface area contributed by atoms with Gasteiger partial charge in [0.2, 0.25) is 5.91 Å². The van der Waals surface area contributed by atoms with Crippen LogP contribution in [0.25, 0.3) is 0 Å². The van der Waals surface area contributed by atoms with Gasteiger partial charge in [0, 0.05) is 12.5 Å². The van der Waals surface area contributed by atoms with Crippen LogP contribution in [-0.4, -0.2) is 18.4 Å². The number of carbonyl (C=O) groups is 2. The van der Waals surface area contributed by atoms with E-state index in [1.165, 1.54) is 6.92 Å². The molecule has 0 aliphatic carbocycles. The largest absolute Gasteiger partial charge is 0.494 e. The fourth-order valence-corrected chi connectivity index (χ4v) is 3.44. The average molecular weight is 387 g/mol. The van der Waals surface area contributed by atoms with Crippen molar-refractivity contribution in [3.05, 3.63) is 58.6 Å². The van der Waals surface area contributed by atoms with E-state index in [-0.39, 0.29) is 11.8 Å². The van der Waals surface area contributed by atoms with E-state index in [1.54, 1.807) is 17.0 Å². The molecule has 1 heterocycles. The number of carbonyl (C=O) groups excluding carboxylic acids is 2. The van der Waals surface area contributed by atoms with E-state index < -0.39 is 6.04 Å². The van der Waals surface area contributed by atoms with Gasteiger partial charge in [-0.05, 0) is 30.2 Å². The zero-order chi connectivity index (χ0) is 19.4. The van der Waals surface area contributed by atoms with Crippen molar-refractivity contribution >= 4 is 29.1 Å². The summed E-state index contributed by atoms with van der Waals surface area (Å²) in [5.74, 6) is 0.376. The normalized spacial score (nSPS) is 15.6. The maximum Gasteiger partial charge on any atom is 0.254 e. The molecule has 142 valence electrons. The Hall–Kier alpha value is -2.53. The number of amides is 2. The van der Waals surface area contributed by atoms with Crippen LogP contribution in [0.3, 0.4) is 0 Å². The Balaban J connectivity index is 1.80. The molecule has 0 saturated carbocycles. The van der Waals surface area contributed by atoms with Crippen LogP contribution in [0.15, 0.2) is 42.5 Å². The Kier molecular flexibility index (Phi) is 6.01. The summed E-state index contributed by atoms with van der Waals surface area (Å²) in [6.45, 7) is 4.59. The molecule has 5 nitrogen and oxygen atoms in total. The van der Waals surface area contributed by atoms with Gasteiger partial charge in [0.05, 0.1) is 23.9 Å². The second-order valence-corrected chi connectivity index (χ2v) is 6.99. The molecule has 0 bridgehead atoms. The summed E-state index contributed by atoms with van der Waals surface area (Å²) < 4.78 is 5.68. The number of nitrogens with zero attached hydrogens (tertiary/aromatic N) is 1. The van der Waals surface area contributed by atoms with Gasteiger partial charge in [0.25, 0.3) is 5.91 Å². The van der Waals surface area contributed by atoms with Gasteiger partial charge in [-0.2, -0.15) is 0 Å². The van der Waals surface area contributed by atoms with Gasteiger partial charge >= 0.3 is 0 Å². The zero-order valence-corrected chi connectivity index (χ0v) is 16.3. The van der Waals surface area contributed by atoms with Crippen LogP contribution in [0.2, 0.25) is 5.02 Å². The van der Waals surface area contributed by atoms with Crippen molar-refractivity contribution < 1.29 is 14.3 Å². The van der Waals surface area contributed by atoms with Gasteiger partial charge in [-0.1, -0.05) is 49.2 Å². The van der Waals surface area contributed by atoms with Crippen molar-refractivity contribution in [2.75, 3.05) is 11.5 Å². The highest BCUT2D eigenvalue weighted by Gasteiger charge is 2.39. The molecule has 27 heavy (non-hydrogen) atoms. The van der Waals surface area contributed by atoms with E-state index >= 15 is 0 Å². The summed E-state index contributed by atoms with van der Waals surface area (Å²) in [5, 5.41) is 3.21. The Labute approximate surface area is 164 Å². The number of hydrogen-bond acceptors (Lipinski definition) is 3. The molecule has 0 unspecified atom stereocenters. The summed E-state index contributed by atoms with van der Waals surface area (Å²) in [5.41, 5.74) is 2.34. The highest BCUT2D eigenvalue weighted by molar-refractivity contribution is 6.34. The third kappa shape index (κ3) is 4.25. The predicted molar refractivity (Wildman–Crippen MR) is 106 cm³/mol. The lowest BCUT2D eigenvalue weighted by Gasteiger charge is -2.19. The van der Waals surface area contributed by atoms with E-state index in [1.807, 2.05) is 30.3 Å². The molecule has 1 aliphatic rings. The number of ether oxygens (including phenoxy) is 1. The van der Waals surface area contributed by atoms with E-state index in [2.05, 4.69) is 12.2 Å². The number of nitrogens with one attached hydrogen (secondary N) is 1. The van der Waals surface area contributed by atoms with Crippen molar-refractivity contribution in [3.63, 3.8) is 0 Å². The molecule has 0 saturated heterocycles. The first kappa shape index (κ1) is 19.2. The SMILES string of the molecule is CCCCOc1ccc(CN2C(=O)[C@H](NC(C)=O)c3cccc(Cl)c32)cc1. The first-order valence-electron chi connectivity index (χ1n) is 9.10. The smallest absolute Gasteiger partial charge is 0.254 e. The molecule has 0 fully saturated rings. The van der Waals surface area contributed by atoms with Crippen molar-refractivity contribution in [1.29, 1.82) is 0 Å². The minimum Gasteiger partial charge on any atom is -0.494 e. The maximum absolute atomic E-state index is 12.9. The van der Waals surface area contributed by atoms with Crippen LogP contribution in [0.5, 0.6) is 5.75 Å². The van der Waals surface area contributed by atoms with Crippen molar-refractivity contribution in [2.24, 2.45) is 0 Å². The van der Waals surface area contributed by atoms with Gasteiger partial charge in [-0.3, -0.25) is 9.59 Å². The van der Waals surface area contributed by atoms with Crippen LogP contribution in [-0.2, 0) is 16.1 Å². The molecule has 2 aromatic rings. The second-order valence-electron chi connectivity index (χ2n) is 6.58. The first-order valence-corrected chi connectivity index (χ1v) is 9.47. The number of halogens is 1. The minimum atomic E-state index is -0.701. The number of anilines is 1. The molecular weight excluding hydrogens is 364 g/mol. The van der Waals surface area contributed by atoms with Crippen molar-refractivity contribution in [3.8, 4) is 5.75 Å². The third-order valence-corrected chi connectivity index (χ3v) is 4.80. The molecule has 0 spiro atoms. The number of hydrogen-bond donors (Lipinski definition) is 1. The quantitative estimate of drug-likeness (QED) is 0.724. The Morgan fingerprint density at radius 2 is 1.96 bits per heavy atom. The van der Waals surface area contributed by atoms with Gasteiger partial charge < -0.3 is 15.0 Å². The molecule has 3 rings (SSSR count). The fraction of sp³-hybridized carbons (Fsp3) is 0.333. The van der Waals surface area contributed by atoms with Gasteiger partial charge in [0.15, 0.2) is 0 Å². The number of benzene rings is 2. The summed E-state index contributed by atoms with van der Waals surface area (Å²) in [7, 11) is 0. The highest BCUT2D eigenvalue weighted by atomic mass is 35.5. The van der Waals surface area contributed by atoms with Crippen LogP contribution in [0.1, 0.15) is 43.9 Å². The number of para-hydroxylation sites is 1. The van der Waals surface area contributed by atoms with E-state index in [0.29, 0.717) is 23.9 Å². The minimum absolute atomic E-state index is 0.184. The average Bonchev–Trinajstić information content (AvgIpc) is 2.90. The lowest BCUT2D eigenvalue weighted by molar-refractivity contribution is -0.126. The van der Waals surface area contributed by atoms with Gasteiger partial charge in [0.1, 0.15) is 11.8 Å². The number of rotatable bonds is 7. The summed E-state index contributed by atoms with van der Waals surface area (Å²) in [4.78, 5) is 26.1. The van der Waals surface area contributed by atoms with Gasteiger partial charge in [-0.25, -0.2) is 0 Å². The van der Waals surface area contributed by atoms with E-state index in [4.69, 9.17) is 16.3 Å². The topological polar surface area (TPSA) is 58.6 Å². The van der Waals surface area contributed by atoms with Crippen LogP contribution in [0.4, 0.5) is 5.69 Å². The first-order chi connectivity index (χ1) is 13.0. The molecule has 0 radical (unpaired) electrons. The van der Waals surface area contributed by atoms with E-state index in [9.17, 15) is 9.59 Å². The van der Waals surface area contributed by atoms with Crippen LogP contribution >= 0.6 is 11.6 Å². The molecule has 2 aromatic carbocycles. The Morgan fingerprint density at radius 3 is 2.63 bits per heavy atom. The molecule has 2 amide bonds. The molecule has 1 aliphatic heterocycles. The maximum atomic E-state index is 12.9. The Morgan fingerprint density at radius 1 is 1.22 bits per heavy atom. The lowest BCUT2D eigenvalue weighted by atomic mass is 10.1. The van der Waals surface area contributed by atoms with Crippen LogP contribution in [0, 0.1) is 0 Å². The summed E-state index contributed by atoms with van der Waals surface area (Å²) >= 11 is 6.37. The standard InChI is InChI=1S/C21H23ClN2O3/c1-3-4-12-27-16-10-8-15(9-11-16)13-24-20-17(6-5-7-18(20)22)19(21(24)26)23-14(2)25/h5-11,19H,3-4,12-13H2,1-2H3,(H,23,25)/t19-/m1/s1. The molecule has 1 atom stereocenters.